The lowest BCUT2D eigenvalue weighted by molar-refractivity contribution is -0.139. The standard InChI is InChI=1S/C15H13NO3S/c17-14(18)9-19-13-4-3-10-7-12(2-1-11(10)8-13)15-16-5-6-20-15/h1-4,7-8H,5-6,9H2,(H,17,18). The van der Waals surface area contributed by atoms with Gasteiger partial charge in [-0.15, -0.1) is 11.8 Å². The van der Waals surface area contributed by atoms with Crippen molar-refractivity contribution in [3.05, 3.63) is 42.0 Å². The summed E-state index contributed by atoms with van der Waals surface area (Å²) in [6.07, 6.45) is 0. The fourth-order valence-electron chi connectivity index (χ4n) is 2.10. The van der Waals surface area contributed by atoms with E-state index in [0.717, 1.165) is 33.7 Å². The van der Waals surface area contributed by atoms with Gasteiger partial charge in [-0.2, -0.15) is 0 Å². The van der Waals surface area contributed by atoms with E-state index in [0.29, 0.717) is 5.75 Å². The zero-order valence-electron chi connectivity index (χ0n) is 10.7. The Morgan fingerprint density at radius 3 is 2.80 bits per heavy atom. The van der Waals surface area contributed by atoms with Crippen molar-refractivity contribution in [2.75, 3.05) is 18.9 Å². The van der Waals surface area contributed by atoms with Crippen molar-refractivity contribution in [1.29, 1.82) is 0 Å². The van der Waals surface area contributed by atoms with Crippen molar-refractivity contribution < 1.29 is 14.6 Å². The molecular weight excluding hydrogens is 274 g/mol. The molecule has 0 saturated heterocycles. The maximum atomic E-state index is 10.5. The minimum Gasteiger partial charge on any atom is -0.482 e. The molecule has 0 radical (unpaired) electrons. The highest BCUT2D eigenvalue weighted by molar-refractivity contribution is 8.14. The van der Waals surface area contributed by atoms with Gasteiger partial charge in [-0.25, -0.2) is 4.79 Å². The highest BCUT2D eigenvalue weighted by Crippen LogP contribution is 2.25. The molecule has 1 aliphatic heterocycles. The van der Waals surface area contributed by atoms with E-state index in [4.69, 9.17) is 9.84 Å². The number of rotatable bonds is 4. The van der Waals surface area contributed by atoms with Crippen LogP contribution in [-0.2, 0) is 4.79 Å². The Morgan fingerprint density at radius 2 is 2.05 bits per heavy atom. The largest absolute Gasteiger partial charge is 0.482 e. The Balaban J connectivity index is 1.88. The van der Waals surface area contributed by atoms with Crippen LogP contribution in [0, 0.1) is 0 Å². The number of carboxylic acids is 1. The topological polar surface area (TPSA) is 58.9 Å². The maximum Gasteiger partial charge on any atom is 0.341 e. The summed E-state index contributed by atoms with van der Waals surface area (Å²) in [5.41, 5.74) is 1.14. The van der Waals surface area contributed by atoms with Crippen molar-refractivity contribution >= 4 is 33.5 Å². The van der Waals surface area contributed by atoms with Crippen LogP contribution in [0.4, 0.5) is 0 Å². The number of carboxylic acid groups (broad SMARTS) is 1. The van der Waals surface area contributed by atoms with Crippen molar-refractivity contribution in [3.63, 3.8) is 0 Å². The fraction of sp³-hybridized carbons (Fsp3) is 0.200. The van der Waals surface area contributed by atoms with E-state index in [1.165, 1.54) is 0 Å². The number of aliphatic carboxylic acids is 1. The van der Waals surface area contributed by atoms with E-state index in [2.05, 4.69) is 11.1 Å². The highest BCUT2D eigenvalue weighted by Gasteiger charge is 2.10. The van der Waals surface area contributed by atoms with Gasteiger partial charge < -0.3 is 9.84 Å². The lowest BCUT2D eigenvalue weighted by Gasteiger charge is -2.06. The summed E-state index contributed by atoms with van der Waals surface area (Å²) in [4.78, 5) is 15.0. The lowest BCUT2D eigenvalue weighted by Crippen LogP contribution is -2.09. The predicted octanol–water partition coefficient (Wildman–Crippen LogP) is 2.80. The lowest BCUT2D eigenvalue weighted by atomic mass is 10.1. The van der Waals surface area contributed by atoms with Gasteiger partial charge in [0.25, 0.3) is 0 Å². The van der Waals surface area contributed by atoms with Gasteiger partial charge in [-0.1, -0.05) is 18.2 Å². The van der Waals surface area contributed by atoms with Gasteiger partial charge in [-0.05, 0) is 29.0 Å². The SMILES string of the molecule is O=C(O)COc1ccc2cc(C3=NCCS3)ccc2c1. The summed E-state index contributed by atoms with van der Waals surface area (Å²) in [7, 11) is 0. The molecule has 20 heavy (non-hydrogen) atoms. The zero-order chi connectivity index (χ0) is 13.9. The van der Waals surface area contributed by atoms with Crippen LogP contribution in [0.5, 0.6) is 5.75 Å². The van der Waals surface area contributed by atoms with Crippen molar-refractivity contribution in [1.82, 2.24) is 0 Å². The number of hydrogen-bond donors (Lipinski definition) is 1. The van der Waals surface area contributed by atoms with Gasteiger partial charge in [0.15, 0.2) is 6.61 Å². The van der Waals surface area contributed by atoms with E-state index < -0.39 is 5.97 Å². The van der Waals surface area contributed by atoms with Crippen LogP contribution in [0.15, 0.2) is 41.4 Å². The number of thioether (sulfide) groups is 1. The van der Waals surface area contributed by atoms with Gasteiger partial charge in [0.05, 0.1) is 5.04 Å². The highest BCUT2D eigenvalue weighted by atomic mass is 32.2. The quantitative estimate of drug-likeness (QED) is 0.939. The summed E-state index contributed by atoms with van der Waals surface area (Å²) in [5, 5.41) is 11.8. The molecule has 0 spiro atoms. The molecule has 0 aromatic heterocycles. The first-order valence-electron chi connectivity index (χ1n) is 6.28. The monoisotopic (exact) mass is 287 g/mol. The number of carbonyl (C=O) groups is 1. The minimum atomic E-state index is -0.975. The third-order valence-electron chi connectivity index (χ3n) is 3.01. The zero-order valence-corrected chi connectivity index (χ0v) is 11.5. The van der Waals surface area contributed by atoms with Crippen molar-refractivity contribution in [2.45, 2.75) is 0 Å². The number of ether oxygens (including phenoxy) is 1. The second-order valence-corrected chi connectivity index (χ2v) is 5.53. The third-order valence-corrected chi connectivity index (χ3v) is 4.03. The maximum absolute atomic E-state index is 10.5. The Bertz CT molecular complexity index is 697. The Kier molecular flexibility index (Phi) is 3.60. The summed E-state index contributed by atoms with van der Waals surface area (Å²) in [6, 6.07) is 11.7. The molecule has 1 heterocycles. The van der Waals surface area contributed by atoms with Crippen LogP contribution in [-0.4, -0.2) is 35.0 Å². The van der Waals surface area contributed by atoms with Crippen molar-refractivity contribution in [3.8, 4) is 5.75 Å². The van der Waals surface area contributed by atoms with Crippen molar-refractivity contribution in [2.24, 2.45) is 4.99 Å². The summed E-state index contributed by atoms with van der Waals surface area (Å²) >= 11 is 1.78. The first-order chi connectivity index (χ1) is 9.72. The summed E-state index contributed by atoms with van der Waals surface area (Å²) < 4.78 is 5.18. The normalized spacial score (nSPS) is 14.3. The molecule has 0 aliphatic carbocycles. The van der Waals surface area contributed by atoms with E-state index in [1.54, 1.807) is 17.8 Å². The molecule has 0 fully saturated rings. The van der Waals surface area contributed by atoms with Crippen LogP contribution in [0.25, 0.3) is 10.8 Å². The molecule has 3 rings (SSSR count). The first-order valence-corrected chi connectivity index (χ1v) is 7.27. The Hall–Kier alpha value is -2.01. The number of fused-ring (bicyclic) bond motifs is 1. The third kappa shape index (κ3) is 2.77. The van der Waals surface area contributed by atoms with Gasteiger partial charge in [0.2, 0.25) is 0 Å². The van der Waals surface area contributed by atoms with Gasteiger partial charge >= 0.3 is 5.97 Å². The number of aliphatic imine (C=N–C) groups is 1. The van der Waals surface area contributed by atoms with E-state index in [1.807, 2.05) is 24.3 Å². The molecule has 4 nitrogen and oxygen atoms in total. The molecule has 0 saturated carbocycles. The Morgan fingerprint density at radius 1 is 1.25 bits per heavy atom. The van der Waals surface area contributed by atoms with Gasteiger partial charge in [-0.3, -0.25) is 4.99 Å². The average Bonchev–Trinajstić information content (AvgIpc) is 2.98. The molecule has 1 aliphatic rings. The molecule has 0 amide bonds. The first kappa shape index (κ1) is 13.0. The molecule has 102 valence electrons. The second kappa shape index (κ2) is 5.54. The molecule has 1 N–H and O–H groups in total. The van der Waals surface area contributed by atoms with Crippen LogP contribution in [0.3, 0.4) is 0 Å². The van der Waals surface area contributed by atoms with E-state index >= 15 is 0 Å². The molecule has 2 aromatic carbocycles. The van der Waals surface area contributed by atoms with Gasteiger partial charge in [0.1, 0.15) is 5.75 Å². The fourth-order valence-corrected chi connectivity index (χ4v) is 2.95. The van der Waals surface area contributed by atoms with Crippen LogP contribution in [0.1, 0.15) is 5.56 Å². The molecule has 2 aromatic rings. The molecule has 0 bridgehead atoms. The Labute approximate surface area is 120 Å². The molecular formula is C15H13NO3S. The van der Waals surface area contributed by atoms with E-state index in [-0.39, 0.29) is 6.61 Å². The molecule has 0 unspecified atom stereocenters. The van der Waals surface area contributed by atoms with Crippen LogP contribution >= 0.6 is 11.8 Å². The number of benzene rings is 2. The smallest absolute Gasteiger partial charge is 0.341 e. The molecule has 0 atom stereocenters. The van der Waals surface area contributed by atoms with Gasteiger partial charge in [0, 0.05) is 17.9 Å². The number of hydrogen-bond acceptors (Lipinski definition) is 4. The van der Waals surface area contributed by atoms with Crippen LogP contribution < -0.4 is 4.74 Å². The summed E-state index contributed by atoms with van der Waals surface area (Å²) in [5.74, 6) is 0.645. The second-order valence-electron chi connectivity index (χ2n) is 4.44. The summed E-state index contributed by atoms with van der Waals surface area (Å²) in [6.45, 7) is 0.567. The van der Waals surface area contributed by atoms with E-state index in [9.17, 15) is 4.79 Å². The average molecular weight is 287 g/mol. The number of nitrogens with zero attached hydrogens (tertiary/aromatic N) is 1. The minimum absolute atomic E-state index is 0.322. The molecule has 5 heteroatoms. The predicted molar refractivity (Wildman–Crippen MR) is 80.9 cm³/mol. The van der Waals surface area contributed by atoms with Crippen LogP contribution in [0.2, 0.25) is 0 Å².